The molecule has 4 aromatic carbocycles. The fourth-order valence-electron chi connectivity index (χ4n) is 4.55. The number of nitrogens with two attached hydrogens (primary N) is 2. The molecular formula is C31H31N3O3. The van der Waals surface area contributed by atoms with Crippen LogP contribution < -0.4 is 11.5 Å². The third-order valence-corrected chi connectivity index (χ3v) is 6.45. The molecule has 6 nitrogen and oxygen atoms in total. The molecule has 0 saturated carbocycles. The van der Waals surface area contributed by atoms with E-state index >= 15 is 0 Å². The Hall–Kier alpha value is -4.42. The third kappa shape index (κ3) is 6.42. The Labute approximate surface area is 217 Å². The Bertz CT molecular complexity index is 1290. The molecule has 4 aromatic rings. The highest BCUT2D eigenvalue weighted by molar-refractivity contribution is 5.92. The van der Waals surface area contributed by atoms with Crippen molar-refractivity contribution in [2.45, 2.75) is 31.5 Å². The number of carbonyl (C=O) groups excluding carboxylic acids is 2. The molecule has 0 aromatic heterocycles. The van der Waals surface area contributed by atoms with Gasteiger partial charge in [-0.05, 0) is 39.9 Å². The van der Waals surface area contributed by atoms with Gasteiger partial charge >= 0.3 is 0 Å². The molecule has 188 valence electrons. The second-order valence-electron chi connectivity index (χ2n) is 9.03. The van der Waals surface area contributed by atoms with Crippen LogP contribution in [0.2, 0.25) is 0 Å². The smallest absolute Gasteiger partial charge is 0.240 e. The maximum Gasteiger partial charge on any atom is 0.240 e. The zero-order valence-corrected chi connectivity index (χ0v) is 20.5. The topological polar surface area (TPSA) is 110 Å². The van der Waals surface area contributed by atoms with Crippen LogP contribution in [0.5, 0.6) is 5.75 Å². The first-order valence-corrected chi connectivity index (χ1v) is 12.2. The third-order valence-electron chi connectivity index (χ3n) is 6.45. The molecule has 0 aliphatic heterocycles. The van der Waals surface area contributed by atoms with Crippen molar-refractivity contribution < 1.29 is 14.7 Å². The van der Waals surface area contributed by atoms with E-state index in [1.165, 1.54) is 0 Å². The highest BCUT2D eigenvalue weighted by Crippen LogP contribution is 2.29. The van der Waals surface area contributed by atoms with Crippen molar-refractivity contribution >= 4 is 11.8 Å². The van der Waals surface area contributed by atoms with Gasteiger partial charge in [-0.2, -0.15) is 0 Å². The molecule has 0 radical (unpaired) electrons. The molecule has 6 heteroatoms. The molecule has 0 spiro atoms. The maximum atomic E-state index is 14.4. The monoisotopic (exact) mass is 493 g/mol. The van der Waals surface area contributed by atoms with Gasteiger partial charge in [0.05, 0.1) is 5.92 Å². The van der Waals surface area contributed by atoms with Crippen LogP contribution in [0.15, 0.2) is 109 Å². The van der Waals surface area contributed by atoms with E-state index in [9.17, 15) is 14.7 Å². The summed E-state index contributed by atoms with van der Waals surface area (Å²) in [6, 6.07) is 32.4. The van der Waals surface area contributed by atoms with Gasteiger partial charge in [-0.3, -0.25) is 9.59 Å². The SMILES string of the molecule is NCc1cccc(C[C@H](C(N)=O)N(Cc2ccc(O)cc2)C(=O)C(c2ccccc2)c2ccccc2)c1. The van der Waals surface area contributed by atoms with Crippen LogP contribution >= 0.6 is 0 Å². The van der Waals surface area contributed by atoms with Crippen molar-refractivity contribution in [1.82, 2.24) is 4.90 Å². The van der Waals surface area contributed by atoms with E-state index in [0.29, 0.717) is 6.54 Å². The molecule has 5 N–H and O–H groups in total. The summed E-state index contributed by atoms with van der Waals surface area (Å²) in [4.78, 5) is 28.9. The molecule has 0 aliphatic carbocycles. The summed E-state index contributed by atoms with van der Waals surface area (Å²) in [5.74, 6) is -1.33. The van der Waals surface area contributed by atoms with Crippen molar-refractivity contribution in [1.29, 1.82) is 0 Å². The van der Waals surface area contributed by atoms with E-state index in [1.807, 2.05) is 84.9 Å². The van der Waals surface area contributed by atoms with E-state index in [1.54, 1.807) is 29.2 Å². The Balaban J connectivity index is 1.79. The molecule has 0 aliphatic rings. The molecule has 0 bridgehead atoms. The fraction of sp³-hybridized carbons (Fsp3) is 0.161. The largest absolute Gasteiger partial charge is 0.508 e. The molecule has 1 atom stereocenters. The molecule has 0 unspecified atom stereocenters. The number of hydrogen-bond donors (Lipinski definition) is 3. The number of hydrogen-bond acceptors (Lipinski definition) is 4. The number of primary amides is 1. The van der Waals surface area contributed by atoms with Crippen molar-refractivity contribution in [3.8, 4) is 5.75 Å². The van der Waals surface area contributed by atoms with Crippen LogP contribution in [-0.2, 0) is 29.1 Å². The zero-order valence-electron chi connectivity index (χ0n) is 20.5. The summed E-state index contributed by atoms with van der Waals surface area (Å²) < 4.78 is 0. The van der Waals surface area contributed by atoms with Gasteiger partial charge in [0.25, 0.3) is 0 Å². The number of aromatic hydroxyl groups is 1. The van der Waals surface area contributed by atoms with Gasteiger partial charge in [-0.25, -0.2) is 0 Å². The van der Waals surface area contributed by atoms with E-state index in [2.05, 4.69) is 0 Å². The van der Waals surface area contributed by atoms with Crippen LogP contribution in [0.4, 0.5) is 0 Å². The van der Waals surface area contributed by atoms with Gasteiger partial charge < -0.3 is 21.5 Å². The van der Waals surface area contributed by atoms with E-state index < -0.39 is 17.9 Å². The molecular weight excluding hydrogens is 462 g/mol. The standard InChI is InChI=1S/C31H31N3O3/c32-20-24-9-7-8-23(18-24)19-28(30(33)36)34(21-22-14-16-27(35)17-15-22)31(37)29(25-10-3-1-4-11-25)26-12-5-2-6-13-26/h1-18,28-29,35H,19-21,32H2,(H2,33,36)/t28-/m1/s1. The van der Waals surface area contributed by atoms with Crippen LogP contribution in [0.3, 0.4) is 0 Å². The minimum Gasteiger partial charge on any atom is -0.508 e. The van der Waals surface area contributed by atoms with Crippen LogP contribution in [0, 0.1) is 0 Å². The van der Waals surface area contributed by atoms with E-state index in [-0.39, 0.29) is 24.6 Å². The lowest BCUT2D eigenvalue weighted by Gasteiger charge is -2.33. The number of rotatable bonds is 10. The normalized spacial score (nSPS) is 11.7. The summed E-state index contributed by atoms with van der Waals surface area (Å²) in [5.41, 5.74) is 16.0. The quantitative estimate of drug-likeness (QED) is 0.309. The summed E-state index contributed by atoms with van der Waals surface area (Å²) in [5, 5.41) is 9.76. The van der Waals surface area contributed by atoms with Crippen LogP contribution in [0.25, 0.3) is 0 Å². The number of nitrogens with zero attached hydrogens (tertiary/aromatic N) is 1. The first-order chi connectivity index (χ1) is 18.0. The summed E-state index contributed by atoms with van der Waals surface area (Å²) in [7, 11) is 0. The number of phenols is 1. The van der Waals surface area contributed by atoms with Crippen molar-refractivity contribution in [3.63, 3.8) is 0 Å². The van der Waals surface area contributed by atoms with E-state index in [4.69, 9.17) is 11.5 Å². The highest BCUT2D eigenvalue weighted by Gasteiger charge is 2.34. The predicted octanol–water partition coefficient (Wildman–Crippen LogP) is 4.11. The average molecular weight is 494 g/mol. The second-order valence-corrected chi connectivity index (χ2v) is 9.03. The minimum atomic E-state index is -0.899. The Morgan fingerprint density at radius 1 is 0.730 bits per heavy atom. The molecule has 2 amide bonds. The molecule has 37 heavy (non-hydrogen) atoms. The van der Waals surface area contributed by atoms with Crippen molar-refractivity contribution in [2.75, 3.05) is 0 Å². The second kappa shape index (κ2) is 12.0. The zero-order chi connectivity index (χ0) is 26.2. The number of amides is 2. The lowest BCUT2D eigenvalue weighted by atomic mass is 9.88. The van der Waals surface area contributed by atoms with Gasteiger partial charge in [0, 0.05) is 19.5 Å². The number of carbonyl (C=O) groups is 2. The number of phenolic OH excluding ortho intramolecular Hbond substituents is 1. The summed E-state index contributed by atoms with van der Waals surface area (Å²) >= 11 is 0. The average Bonchev–Trinajstić information content (AvgIpc) is 2.93. The van der Waals surface area contributed by atoms with Crippen LogP contribution in [-0.4, -0.2) is 27.9 Å². The lowest BCUT2D eigenvalue weighted by molar-refractivity contribution is -0.140. The van der Waals surface area contributed by atoms with Crippen molar-refractivity contribution in [3.05, 3.63) is 137 Å². The molecule has 0 heterocycles. The molecule has 0 saturated heterocycles. The van der Waals surface area contributed by atoms with Gasteiger partial charge in [0.2, 0.25) is 11.8 Å². The predicted molar refractivity (Wildman–Crippen MR) is 144 cm³/mol. The van der Waals surface area contributed by atoms with Crippen molar-refractivity contribution in [2.24, 2.45) is 11.5 Å². The Morgan fingerprint density at radius 2 is 1.30 bits per heavy atom. The Morgan fingerprint density at radius 3 is 1.84 bits per heavy atom. The van der Waals surface area contributed by atoms with Gasteiger partial charge in [-0.15, -0.1) is 0 Å². The highest BCUT2D eigenvalue weighted by atomic mass is 16.3. The Kier molecular flexibility index (Phi) is 8.33. The summed E-state index contributed by atoms with van der Waals surface area (Å²) in [6.07, 6.45) is 0.253. The lowest BCUT2D eigenvalue weighted by Crippen LogP contribution is -2.50. The van der Waals surface area contributed by atoms with Crippen LogP contribution in [0.1, 0.15) is 33.7 Å². The first kappa shape index (κ1) is 25.7. The minimum absolute atomic E-state index is 0.123. The summed E-state index contributed by atoms with van der Waals surface area (Å²) in [6.45, 7) is 0.523. The maximum absolute atomic E-state index is 14.4. The van der Waals surface area contributed by atoms with Gasteiger partial charge in [0.15, 0.2) is 0 Å². The molecule has 4 rings (SSSR count). The molecule has 0 fully saturated rings. The fourth-order valence-corrected chi connectivity index (χ4v) is 4.55. The van der Waals surface area contributed by atoms with E-state index in [0.717, 1.165) is 27.8 Å². The number of benzene rings is 4. The van der Waals surface area contributed by atoms with Gasteiger partial charge in [-0.1, -0.05) is 97.1 Å². The van der Waals surface area contributed by atoms with Gasteiger partial charge in [0.1, 0.15) is 11.8 Å². The first-order valence-electron chi connectivity index (χ1n) is 12.2.